The van der Waals surface area contributed by atoms with Crippen LogP contribution in [-0.2, 0) is 4.79 Å². The van der Waals surface area contributed by atoms with Crippen LogP contribution in [0.15, 0.2) is 16.6 Å². The van der Waals surface area contributed by atoms with E-state index in [-0.39, 0.29) is 0 Å². The van der Waals surface area contributed by atoms with Gasteiger partial charge >= 0.3 is 0 Å². The molecule has 0 radical (unpaired) electrons. The van der Waals surface area contributed by atoms with Crippen molar-refractivity contribution >= 4 is 12.1 Å². The van der Waals surface area contributed by atoms with E-state index in [2.05, 4.69) is 31.1 Å². The SMILES string of the molecule is CCCC1C=C(CC(CC)CCCC2CCN(C)C(=O)C2)C=N1. The van der Waals surface area contributed by atoms with Gasteiger partial charge in [0.1, 0.15) is 0 Å². The fraction of sp³-hybridized carbons (Fsp3) is 0.800. The maximum Gasteiger partial charge on any atom is 0.222 e. The van der Waals surface area contributed by atoms with Crippen LogP contribution in [0.2, 0.25) is 0 Å². The minimum atomic E-state index is 0.336. The number of rotatable bonds is 9. The van der Waals surface area contributed by atoms with Gasteiger partial charge in [0.15, 0.2) is 0 Å². The molecule has 3 atom stereocenters. The van der Waals surface area contributed by atoms with Gasteiger partial charge in [-0.25, -0.2) is 0 Å². The summed E-state index contributed by atoms with van der Waals surface area (Å²) in [7, 11) is 1.92. The quantitative estimate of drug-likeness (QED) is 0.610. The zero-order chi connectivity index (χ0) is 16.7. The summed E-state index contributed by atoms with van der Waals surface area (Å²) in [6, 6.07) is 0.442. The van der Waals surface area contributed by atoms with Gasteiger partial charge in [-0.05, 0) is 43.1 Å². The van der Waals surface area contributed by atoms with E-state index in [0.717, 1.165) is 18.9 Å². The van der Waals surface area contributed by atoms with Crippen LogP contribution in [0.1, 0.15) is 71.6 Å². The molecule has 23 heavy (non-hydrogen) atoms. The van der Waals surface area contributed by atoms with E-state index in [1.807, 2.05) is 11.9 Å². The minimum absolute atomic E-state index is 0.336. The first-order valence-electron chi connectivity index (χ1n) is 9.60. The summed E-state index contributed by atoms with van der Waals surface area (Å²) in [4.78, 5) is 18.3. The highest BCUT2D eigenvalue weighted by atomic mass is 16.2. The predicted octanol–water partition coefficient (Wildman–Crippen LogP) is 4.62. The molecule has 2 heterocycles. The van der Waals surface area contributed by atoms with Crippen LogP contribution >= 0.6 is 0 Å². The van der Waals surface area contributed by atoms with Gasteiger partial charge in [0, 0.05) is 26.2 Å². The third-order valence-electron chi connectivity index (χ3n) is 5.51. The third-order valence-corrected chi connectivity index (χ3v) is 5.51. The van der Waals surface area contributed by atoms with Crippen molar-refractivity contribution < 1.29 is 4.79 Å². The van der Waals surface area contributed by atoms with E-state index in [1.165, 1.54) is 56.9 Å². The van der Waals surface area contributed by atoms with Crippen molar-refractivity contribution in [2.45, 2.75) is 77.7 Å². The molecule has 0 aromatic rings. The number of aliphatic imine (C=N–C) groups is 1. The van der Waals surface area contributed by atoms with Crippen LogP contribution in [0.3, 0.4) is 0 Å². The lowest BCUT2D eigenvalue weighted by Gasteiger charge is -2.29. The molecule has 3 unspecified atom stereocenters. The van der Waals surface area contributed by atoms with Crippen molar-refractivity contribution in [1.82, 2.24) is 4.90 Å². The molecular weight excluding hydrogens is 284 g/mol. The number of hydrogen-bond donors (Lipinski definition) is 0. The van der Waals surface area contributed by atoms with E-state index in [4.69, 9.17) is 0 Å². The number of amides is 1. The molecule has 130 valence electrons. The number of carbonyl (C=O) groups is 1. The average Bonchev–Trinajstić information content (AvgIpc) is 2.97. The zero-order valence-electron chi connectivity index (χ0n) is 15.3. The molecule has 1 fully saturated rings. The van der Waals surface area contributed by atoms with E-state index in [0.29, 0.717) is 17.9 Å². The second-order valence-corrected chi connectivity index (χ2v) is 7.46. The summed E-state index contributed by atoms with van der Waals surface area (Å²) in [6.45, 7) is 5.48. The van der Waals surface area contributed by atoms with Crippen LogP contribution in [0, 0.1) is 11.8 Å². The van der Waals surface area contributed by atoms with Gasteiger partial charge in [0.05, 0.1) is 6.04 Å². The summed E-state index contributed by atoms with van der Waals surface area (Å²) >= 11 is 0. The second-order valence-electron chi connectivity index (χ2n) is 7.46. The maximum absolute atomic E-state index is 11.8. The van der Waals surface area contributed by atoms with Gasteiger partial charge < -0.3 is 4.90 Å². The Labute approximate surface area is 142 Å². The highest BCUT2D eigenvalue weighted by Gasteiger charge is 2.23. The fourth-order valence-electron chi connectivity index (χ4n) is 3.83. The van der Waals surface area contributed by atoms with Crippen molar-refractivity contribution in [3.63, 3.8) is 0 Å². The molecule has 0 aromatic heterocycles. The lowest BCUT2D eigenvalue weighted by Crippen LogP contribution is -2.35. The number of hydrogen-bond acceptors (Lipinski definition) is 2. The second kappa shape index (κ2) is 9.24. The number of piperidine rings is 1. The molecular formula is C20H34N2O. The standard InChI is InChI=1S/C20H34N2O/c1-4-7-19-13-18(15-21-19)12-16(5-2)8-6-9-17-10-11-22(3)20(23)14-17/h13,15-17,19H,4-12,14H2,1-3H3. The Hall–Kier alpha value is -1.12. The van der Waals surface area contributed by atoms with E-state index in [1.54, 1.807) is 0 Å². The van der Waals surface area contributed by atoms with Crippen molar-refractivity contribution in [3.8, 4) is 0 Å². The normalized spacial score (nSPS) is 25.8. The summed E-state index contributed by atoms with van der Waals surface area (Å²) in [6.07, 6.45) is 15.0. The van der Waals surface area contributed by atoms with Crippen molar-refractivity contribution in [2.75, 3.05) is 13.6 Å². The number of nitrogens with zero attached hydrogens (tertiary/aromatic N) is 2. The minimum Gasteiger partial charge on any atom is -0.346 e. The Morgan fingerprint density at radius 3 is 2.87 bits per heavy atom. The van der Waals surface area contributed by atoms with E-state index in [9.17, 15) is 4.79 Å². The van der Waals surface area contributed by atoms with Crippen molar-refractivity contribution in [3.05, 3.63) is 11.6 Å². The van der Waals surface area contributed by atoms with Crippen molar-refractivity contribution in [1.29, 1.82) is 0 Å². The predicted molar refractivity (Wildman–Crippen MR) is 97.9 cm³/mol. The Kier molecular flexibility index (Phi) is 7.32. The van der Waals surface area contributed by atoms with Crippen LogP contribution in [0.5, 0.6) is 0 Å². The third kappa shape index (κ3) is 5.78. The molecule has 2 aliphatic heterocycles. The Morgan fingerprint density at radius 2 is 2.17 bits per heavy atom. The Bertz CT molecular complexity index is 441. The highest BCUT2D eigenvalue weighted by Crippen LogP contribution is 2.27. The molecule has 3 nitrogen and oxygen atoms in total. The number of allylic oxidation sites excluding steroid dienone is 1. The smallest absolute Gasteiger partial charge is 0.222 e. The summed E-state index contributed by atoms with van der Waals surface area (Å²) < 4.78 is 0. The summed E-state index contributed by atoms with van der Waals surface area (Å²) in [5.41, 5.74) is 1.45. The molecule has 2 aliphatic rings. The molecule has 0 spiro atoms. The van der Waals surface area contributed by atoms with E-state index >= 15 is 0 Å². The molecule has 0 aliphatic carbocycles. The maximum atomic E-state index is 11.8. The van der Waals surface area contributed by atoms with Gasteiger partial charge in [-0.2, -0.15) is 0 Å². The Balaban J connectivity index is 1.68. The molecule has 1 saturated heterocycles. The Morgan fingerprint density at radius 1 is 1.35 bits per heavy atom. The van der Waals surface area contributed by atoms with Crippen LogP contribution in [0.4, 0.5) is 0 Å². The largest absolute Gasteiger partial charge is 0.346 e. The molecule has 3 heteroatoms. The number of carbonyl (C=O) groups excluding carboxylic acids is 1. The van der Waals surface area contributed by atoms with Crippen LogP contribution in [0.25, 0.3) is 0 Å². The average molecular weight is 319 g/mol. The topological polar surface area (TPSA) is 32.7 Å². The van der Waals surface area contributed by atoms with Crippen LogP contribution in [-0.4, -0.2) is 36.7 Å². The first-order valence-corrected chi connectivity index (χ1v) is 9.60. The molecule has 0 aromatic carbocycles. The molecule has 0 bridgehead atoms. The van der Waals surface area contributed by atoms with Crippen LogP contribution < -0.4 is 0 Å². The van der Waals surface area contributed by atoms with Gasteiger partial charge in [0.25, 0.3) is 0 Å². The number of likely N-dealkylation sites (tertiary alicyclic amines) is 1. The molecule has 1 amide bonds. The highest BCUT2D eigenvalue weighted by molar-refractivity contribution is 5.81. The van der Waals surface area contributed by atoms with E-state index < -0.39 is 0 Å². The van der Waals surface area contributed by atoms with Gasteiger partial charge in [0.2, 0.25) is 5.91 Å². The zero-order valence-corrected chi connectivity index (χ0v) is 15.3. The lowest BCUT2D eigenvalue weighted by atomic mass is 9.87. The monoisotopic (exact) mass is 318 g/mol. The first-order chi connectivity index (χ1) is 11.1. The van der Waals surface area contributed by atoms with Gasteiger partial charge in [-0.15, -0.1) is 0 Å². The van der Waals surface area contributed by atoms with Gasteiger partial charge in [-0.1, -0.05) is 45.6 Å². The van der Waals surface area contributed by atoms with Gasteiger partial charge in [-0.3, -0.25) is 9.79 Å². The molecule has 2 rings (SSSR count). The fourth-order valence-corrected chi connectivity index (χ4v) is 3.83. The summed E-state index contributed by atoms with van der Waals surface area (Å²) in [5, 5.41) is 0. The molecule has 0 saturated carbocycles. The van der Waals surface area contributed by atoms with Crippen molar-refractivity contribution in [2.24, 2.45) is 16.8 Å². The molecule has 0 N–H and O–H groups in total. The first kappa shape index (κ1) is 18.2. The summed E-state index contributed by atoms with van der Waals surface area (Å²) in [5.74, 6) is 1.73. The lowest BCUT2D eigenvalue weighted by molar-refractivity contribution is -0.133.